The van der Waals surface area contributed by atoms with Crippen molar-refractivity contribution < 1.29 is 4.74 Å². The maximum Gasteiger partial charge on any atom is 0.0779 e. The zero-order valence-corrected chi connectivity index (χ0v) is 13.5. The molecule has 1 saturated heterocycles. The summed E-state index contributed by atoms with van der Waals surface area (Å²) in [6, 6.07) is 7.06. The maximum atomic E-state index is 6.55. The first-order valence-corrected chi connectivity index (χ1v) is 8.45. The molecule has 3 rings (SSSR count). The van der Waals surface area contributed by atoms with Gasteiger partial charge in [0, 0.05) is 12.6 Å². The number of ether oxygens (including phenoxy) is 1. The Kier molecular flexibility index (Phi) is 4.72. The van der Waals surface area contributed by atoms with Crippen LogP contribution in [0.5, 0.6) is 0 Å². The Morgan fingerprint density at radius 3 is 2.95 bits per heavy atom. The minimum atomic E-state index is 0.165. The van der Waals surface area contributed by atoms with Crippen LogP contribution >= 0.6 is 11.6 Å². The predicted molar refractivity (Wildman–Crippen MR) is 88.1 cm³/mol. The summed E-state index contributed by atoms with van der Waals surface area (Å²) in [6.07, 6.45) is 6.23. The topological polar surface area (TPSA) is 38.5 Å². The van der Waals surface area contributed by atoms with E-state index in [9.17, 15) is 0 Å². The molecule has 3 nitrogen and oxygen atoms in total. The van der Waals surface area contributed by atoms with E-state index in [1.165, 1.54) is 31.2 Å². The Morgan fingerprint density at radius 2 is 2.19 bits per heavy atom. The zero-order valence-electron chi connectivity index (χ0n) is 12.7. The first-order valence-electron chi connectivity index (χ1n) is 8.07. The van der Waals surface area contributed by atoms with E-state index in [4.69, 9.17) is 22.1 Å². The van der Waals surface area contributed by atoms with Crippen molar-refractivity contribution in [2.75, 3.05) is 18.1 Å². The van der Waals surface area contributed by atoms with Gasteiger partial charge < -0.3 is 15.4 Å². The number of benzene rings is 1. The molecule has 1 saturated carbocycles. The molecule has 0 radical (unpaired) electrons. The molecule has 1 aliphatic heterocycles. The lowest BCUT2D eigenvalue weighted by Gasteiger charge is -2.45. The highest BCUT2D eigenvalue weighted by atomic mass is 35.5. The van der Waals surface area contributed by atoms with E-state index in [2.05, 4.69) is 23.1 Å². The molecule has 0 amide bonds. The second-order valence-corrected chi connectivity index (χ2v) is 6.83. The second-order valence-electron chi connectivity index (χ2n) is 6.42. The SMILES string of the molecule is CC(N)Cc1ccc(N2CCOC3CCCCC32)c(Cl)c1. The Hall–Kier alpha value is -0.770. The van der Waals surface area contributed by atoms with E-state index in [1.54, 1.807) is 0 Å². The summed E-state index contributed by atoms with van der Waals surface area (Å²) in [5, 5.41) is 0.847. The monoisotopic (exact) mass is 308 g/mol. The van der Waals surface area contributed by atoms with E-state index >= 15 is 0 Å². The predicted octanol–water partition coefficient (Wildman–Crippen LogP) is 3.38. The fraction of sp³-hybridized carbons (Fsp3) is 0.647. The number of hydrogen-bond donors (Lipinski definition) is 1. The molecule has 2 aliphatic rings. The number of nitrogens with zero attached hydrogens (tertiary/aromatic N) is 1. The molecule has 1 aromatic carbocycles. The van der Waals surface area contributed by atoms with Crippen LogP contribution in [-0.4, -0.2) is 31.3 Å². The van der Waals surface area contributed by atoms with Gasteiger partial charge in [0.1, 0.15) is 0 Å². The molecule has 116 valence electrons. The van der Waals surface area contributed by atoms with Gasteiger partial charge in [-0.05, 0) is 43.9 Å². The Morgan fingerprint density at radius 1 is 1.38 bits per heavy atom. The highest BCUT2D eigenvalue weighted by molar-refractivity contribution is 6.33. The fourth-order valence-corrected chi connectivity index (χ4v) is 3.99. The molecule has 0 spiro atoms. The van der Waals surface area contributed by atoms with Crippen LogP contribution in [0.2, 0.25) is 5.02 Å². The number of morpholine rings is 1. The minimum absolute atomic E-state index is 0.165. The molecule has 0 aromatic heterocycles. The third kappa shape index (κ3) is 3.36. The molecule has 2 N–H and O–H groups in total. The summed E-state index contributed by atoms with van der Waals surface area (Å²) in [4.78, 5) is 2.46. The van der Waals surface area contributed by atoms with Crippen molar-refractivity contribution in [1.29, 1.82) is 0 Å². The van der Waals surface area contributed by atoms with E-state index in [1.807, 2.05) is 6.92 Å². The van der Waals surface area contributed by atoms with Crippen molar-refractivity contribution in [1.82, 2.24) is 0 Å². The fourth-order valence-electron chi connectivity index (χ4n) is 3.68. The highest BCUT2D eigenvalue weighted by Crippen LogP contribution is 2.35. The van der Waals surface area contributed by atoms with Gasteiger partial charge in [0.15, 0.2) is 0 Å². The number of rotatable bonds is 3. The third-order valence-corrected chi connectivity index (χ3v) is 4.91. The summed E-state index contributed by atoms with van der Waals surface area (Å²) < 4.78 is 5.95. The molecule has 1 aromatic rings. The van der Waals surface area contributed by atoms with Gasteiger partial charge in [0.2, 0.25) is 0 Å². The van der Waals surface area contributed by atoms with Crippen molar-refractivity contribution in [3.05, 3.63) is 28.8 Å². The number of hydrogen-bond acceptors (Lipinski definition) is 3. The van der Waals surface area contributed by atoms with E-state index in [0.717, 1.165) is 30.3 Å². The average molecular weight is 309 g/mol. The standard InChI is InChI=1S/C17H25ClN2O/c1-12(19)10-13-6-7-15(14(18)11-13)20-8-9-21-17-5-3-2-4-16(17)20/h6-7,11-12,16-17H,2-5,8-10,19H2,1H3. The molecule has 3 atom stereocenters. The molecule has 1 heterocycles. The van der Waals surface area contributed by atoms with E-state index in [0.29, 0.717) is 12.1 Å². The molecular formula is C17H25ClN2O. The lowest BCUT2D eigenvalue weighted by Crippen LogP contribution is -2.52. The van der Waals surface area contributed by atoms with Crippen LogP contribution in [0.4, 0.5) is 5.69 Å². The Labute approximate surface area is 132 Å². The first-order chi connectivity index (χ1) is 10.1. The third-order valence-electron chi connectivity index (χ3n) is 4.61. The quantitative estimate of drug-likeness (QED) is 0.930. The molecular weight excluding hydrogens is 284 g/mol. The van der Waals surface area contributed by atoms with Gasteiger partial charge in [-0.2, -0.15) is 0 Å². The summed E-state index contributed by atoms with van der Waals surface area (Å²) in [7, 11) is 0. The highest BCUT2D eigenvalue weighted by Gasteiger charge is 2.34. The summed E-state index contributed by atoms with van der Waals surface area (Å²) >= 11 is 6.55. The van der Waals surface area contributed by atoms with Gasteiger partial charge in [0.05, 0.1) is 29.5 Å². The van der Waals surface area contributed by atoms with Gasteiger partial charge in [0.25, 0.3) is 0 Å². The average Bonchev–Trinajstić information content (AvgIpc) is 2.46. The van der Waals surface area contributed by atoms with Gasteiger partial charge >= 0.3 is 0 Å². The van der Waals surface area contributed by atoms with Crippen LogP contribution in [0.1, 0.15) is 38.2 Å². The molecule has 2 fully saturated rings. The van der Waals surface area contributed by atoms with Crippen molar-refractivity contribution in [3.8, 4) is 0 Å². The van der Waals surface area contributed by atoms with E-state index < -0.39 is 0 Å². The van der Waals surface area contributed by atoms with Gasteiger partial charge in [-0.3, -0.25) is 0 Å². The number of nitrogens with two attached hydrogens (primary N) is 1. The van der Waals surface area contributed by atoms with Crippen molar-refractivity contribution in [3.63, 3.8) is 0 Å². The van der Waals surface area contributed by atoms with Gasteiger partial charge in [-0.1, -0.05) is 30.5 Å². The first kappa shape index (κ1) is 15.1. The Balaban J connectivity index is 1.81. The van der Waals surface area contributed by atoms with Crippen LogP contribution < -0.4 is 10.6 Å². The van der Waals surface area contributed by atoms with Crippen LogP contribution in [0.25, 0.3) is 0 Å². The molecule has 3 unspecified atom stereocenters. The van der Waals surface area contributed by atoms with Crippen LogP contribution in [-0.2, 0) is 11.2 Å². The molecule has 4 heteroatoms. The van der Waals surface area contributed by atoms with Crippen molar-refractivity contribution in [2.24, 2.45) is 5.73 Å². The number of anilines is 1. The minimum Gasteiger partial charge on any atom is -0.374 e. The summed E-state index contributed by atoms with van der Waals surface area (Å²) in [5.74, 6) is 0. The van der Waals surface area contributed by atoms with Crippen LogP contribution in [0.15, 0.2) is 18.2 Å². The maximum absolute atomic E-state index is 6.55. The van der Waals surface area contributed by atoms with Crippen molar-refractivity contribution >= 4 is 17.3 Å². The number of fused-ring (bicyclic) bond motifs is 1. The second kappa shape index (κ2) is 6.55. The van der Waals surface area contributed by atoms with Crippen molar-refractivity contribution in [2.45, 2.75) is 57.2 Å². The zero-order chi connectivity index (χ0) is 14.8. The molecule has 1 aliphatic carbocycles. The molecule has 0 bridgehead atoms. The smallest absolute Gasteiger partial charge is 0.0779 e. The molecule has 21 heavy (non-hydrogen) atoms. The lowest BCUT2D eigenvalue weighted by atomic mass is 9.89. The van der Waals surface area contributed by atoms with Crippen LogP contribution in [0.3, 0.4) is 0 Å². The summed E-state index contributed by atoms with van der Waals surface area (Å²) in [5.41, 5.74) is 8.25. The lowest BCUT2D eigenvalue weighted by molar-refractivity contribution is -0.00866. The van der Waals surface area contributed by atoms with E-state index in [-0.39, 0.29) is 6.04 Å². The van der Waals surface area contributed by atoms with Gasteiger partial charge in [-0.15, -0.1) is 0 Å². The van der Waals surface area contributed by atoms with Crippen LogP contribution in [0, 0.1) is 0 Å². The van der Waals surface area contributed by atoms with Gasteiger partial charge in [-0.25, -0.2) is 0 Å². The number of halogens is 1. The summed E-state index contributed by atoms with van der Waals surface area (Å²) in [6.45, 7) is 3.77. The normalized spacial score (nSPS) is 27.3. The Bertz CT molecular complexity index is 490. The largest absolute Gasteiger partial charge is 0.374 e.